The average Bonchev–Trinajstić information content (AvgIpc) is 2.90. The number of pyridine rings is 1. The SMILES string of the molecule is N[C@@H]1C[C@H](N)CN(c2nc(Nc3ccc(NC(=O)c4cc(Cl)c[nH]c4=O)c(O)c3)nc(N3C[C@H](N)C[C@H](N)C3)n2)C1. The number of nitrogens with two attached hydrogens (primary N) is 4. The van der Waals surface area contributed by atoms with Gasteiger partial charge in [-0.25, -0.2) is 0 Å². The van der Waals surface area contributed by atoms with Gasteiger partial charge in [-0.05, 0) is 31.0 Å². The van der Waals surface area contributed by atoms with Crippen molar-refractivity contribution in [1.82, 2.24) is 19.9 Å². The van der Waals surface area contributed by atoms with E-state index in [0.717, 1.165) is 0 Å². The first-order chi connectivity index (χ1) is 19.5. The van der Waals surface area contributed by atoms with E-state index < -0.39 is 11.5 Å². The summed E-state index contributed by atoms with van der Waals surface area (Å²) in [6, 6.07) is 5.19. The molecule has 12 N–H and O–H groups in total. The minimum Gasteiger partial charge on any atom is -0.506 e. The number of phenols is 1. The van der Waals surface area contributed by atoms with Gasteiger partial charge in [0, 0.05) is 68.3 Å². The van der Waals surface area contributed by atoms with Crippen molar-refractivity contribution in [3.05, 3.63) is 51.4 Å². The molecule has 2 aliphatic rings. The lowest BCUT2D eigenvalue weighted by Crippen LogP contribution is -2.54. The zero-order chi connectivity index (χ0) is 29.3. The minimum absolute atomic E-state index is 0.0875. The van der Waals surface area contributed by atoms with E-state index in [-0.39, 0.29) is 52.1 Å². The van der Waals surface area contributed by atoms with E-state index in [1.807, 2.05) is 9.80 Å². The Morgan fingerprint density at radius 2 is 1.49 bits per heavy atom. The highest BCUT2D eigenvalue weighted by Crippen LogP contribution is 2.29. The van der Waals surface area contributed by atoms with Crippen LogP contribution in [0.15, 0.2) is 35.3 Å². The molecule has 41 heavy (non-hydrogen) atoms. The smallest absolute Gasteiger partial charge is 0.261 e. The van der Waals surface area contributed by atoms with Crippen molar-refractivity contribution in [2.24, 2.45) is 22.9 Å². The molecule has 2 aromatic heterocycles. The summed E-state index contributed by atoms with van der Waals surface area (Å²) < 4.78 is 0. The van der Waals surface area contributed by atoms with Crippen molar-refractivity contribution in [2.45, 2.75) is 37.0 Å². The first kappa shape index (κ1) is 28.5. The monoisotopic (exact) mass is 584 g/mol. The molecule has 4 heterocycles. The molecule has 0 saturated carbocycles. The van der Waals surface area contributed by atoms with Crippen LogP contribution in [-0.4, -0.2) is 81.3 Å². The standard InChI is InChI=1S/C25H33ClN12O3/c26-12-3-18(21(40)31-7-12)22(41)33-19-2-1-17(6-20(19)39)32-23-34-24(37-8-13(27)4-14(28)9-37)36-25(35-23)38-10-15(29)5-16(30)11-38/h1-3,6-7,13-16,39H,4-5,8-11,27-30H2,(H,31,40)(H,33,41)(H,32,34,35,36)/t13-,14+,15-,16+. The molecular formula is C25H33ClN12O3. The fourth-order valence-electron chi connectivity index (χ4n) is 5.04. The predicted molar refractivity (Wildman–Crippen MR) is 157 cm³/mol. The molecule has 1 amide bonds. The second-order valence-corrected chi connectivity index (χ2v) is 10.9. The number of rotatable bonds is 6. The Balaban J connectivity index is 1.40. The summed E-state index contributed by atoms with van der Waals surface area (Å²) in [5, 5.41) is 16.4. The lowest BCUT2D eigenvalue weighted by Gasteiger charge is -2.37. The van der Waals surface area contributed by atoms with Gasteiger partial charge in [0.2, 0.25) is 17.8 Å². The number of H-pyrrole nitrogens is 1. The number of phenolic OH excluding ortho intramolecular Hbond substituents is 1. The Kier molecular flexibility index (Phi) is 8.23. The molecule has 15 nitrogen and oxygen atoms in total. The van der Waals surface area contributed by atoms with Crippen molar-refractivity contribution < 1.29 is 9.90 Å². The molecule has 0 aliphatic carbocycles. The third-order valence-electron chi connectivity index (χ3n) is 6.82. The highest BCUT2D eigenvalue weighted by Gasteiger charge is 2.29. The molecular weight excluding hydrogens is 552 g/mol. The van der Waals surface area contributed by atoms with Crippen LogP contribution in [0.3, 0.4) is 0 Å². The number of nitrogens with zero attached hydrogens (tertiary/aromatic N) is 5. The maximum atomic E-state index is 12.6. The second kappa shape index (κ2) is 11.8. The number of aromatic amines is 1. The molecule has 0 radical (unpaired) electrons. The summed E-state index contributed by atoms with van der Waals surface area (Å²) in [6.07, 6.45) is 2.67. The van der Waals surface area contributed by atoms with Crippen molar-refractivity contribution in [1.29, 1.82) is 0 Å². The first-order valence-corrected chi connectivity index (χ1v) is 13.5. The van der Waals surface area contributed by atoms with E-state index >= 15 is 0 Å². The number of aromatic hydroxyl groups is 1. The number of hydrogen-bond acceptors (Lipinski definition) is 13. The molecule has 2 saturated heterocycles. The maximum absolute atomic E-state index is 12.6. The molecule has 4 atom stereocenters. The molecule has 16 heteroatoms. The van der Waals surface area contributed by atoms with Crippen molar-refractivity contribution in [3.63, 3.8) is 0 Å². The molecule has 3 aromatic rings. The first-order valence-electron chi connectivity index (χ1n) is 13.1. The number of carbonyl (C=O) groups excluding carboxylic acids is 1. The molecule has 2 aliphatic heterocycles. The van der Waals surface area contributed by atoms with E-state index in [2.05, 4.69) is 25.6 Å². The van der Waals surface area contributed by atoms with Crippen LogP contribution in [0.4, 0.5) is 29.2 Å². The van der Waals surface area contributed by atoms with Crippen LogP contribution in [0.2, 0.25) is 5.02 Å². The zero-order valence-corrected chi connectivity index (χ0v) is 22.9. The zero-order valence-electron chi connectivity index (χ0n) is 22.1. The molecule has 0 spiro atoms. The Morgan fingerprint density at radius 1 is 0.927 bits per heavy atom. The number of aromatic nitrogens is 4. The van der Waals surface area contributed by atoms with Gasteiger partial charge in [0.05, 0.1) is 10.7 Å². The molecule has 2 fully saturated rings. The number of benzene rings is 1. The second-order valence-electron chi connectivity index (χ2n) is 10.5. The summed E-state index contributed by atoms with van der Waals surface area (Å²) in [6.45, 7) is 2.11. The number of hydrogen-bond donors (Lipinski definition) is 8. The third kappa shape index (κ3) is 6.83. The summed E-state index contributed by atoms with van der Waals surface area (Å²) >= 11 is 5.89. The summed E-state index contributed by atoms with van der Waals surface area (Å²) in [5.74, 6) is 0.0306. The van der Waals surface area contributed by atoms with Crippen LogP contribution in [-0.2, 0) is 0 Å². The van der Waals surface area contributed by atoms with Crippen LogP contribution < -0.4 is 48.9 Å². The fraction of sp³-hybridized carbons (Fsp3) is 0.400. The lowest BCUT2D eigenvalue weighted by molar-refractivity contribution is 0.102. The normalized spacial score (nSPS) is 22.9. The van der Waals surface area contributed by atoms with Crippen LogP contribution in [0.25, 0.3) is 0 Å². The average molecular weight is 585 g/mol. The van der Waals surface area contributed by atoms with Gasteiger partial charge in [-0.3, -0.25) is 9.59 Å². The van der Waals surface area contributed by atoms with Gasteiger partial charge in [-0.15, -0.1) is 0 Å². The van der Waals surface area contributed by atoms with Gasteiger partial charge in [0.15, 0.2) is 0 Å². The van der Waals surface area contributed by atoms with Crippen LogP contribution >= 0.6 is 11.6 Å². The minimum atomic E-state index is -0.729. The van der Waals surface area contributed by atoms with Gasteiger partial charge in [0.1, 0.15) is 11.3 Å². The largest absolute Gasteiger partial charge is 0.506 e. The highest BCUT2D eigenvalue weighted by atomic mass is 35.5. The van der Waals surface area contributed by atoms with E-state index in [1.54, 1.807) is 6.07 Å². The van der Waals surface area contributed by atoms with Crippen LogP contribution in [0.5, 0.6) is 5.75 Å². The molecule has 0 bridgehead atoms. The van der Waals surface area contributed by atoms with E-state index in [9.17, 15) is 14.7 Å². The summed E-state index contributed by atoms with van der Waals surface area (Å²) in [4.78, 5) is 44.7. The number of piperidine rings is 2. The Morgan fingerprint density at radius 3 is 2.02 bits per heavy atom. The Hall–Kier alpha value is -4.02. The summed E-state index contributed by atoms with van der Waals surface area (Å²) in [5.41, 5.74) is 24.6. The van der Waals surface area contributed by atoms with E-state index in [0.29, 0.717) is 56.6 Å². The van der Waals surface area contributed by atoms with E-state index in [4.69, 9.17) is 39.5 Å². The van der Waals surface area contributed by atoms with Gasteiger partial charge in [-0.1, -0.05) is 11.6 Å². The fourth-order valence-corrected chi connectivity index (χ4v) is 5.20. The van der Waals surface area contributed by atoms with Gasteiger partial charge in [0.25, 0.3) is 11.5 Å². The summed E-state index contributed by atoms with van der Waals surface area (Å²) in [7, 11) is 0. The number of halogens is 1. The number of anilines is 5. The highest BCUT2D eigenvalue weighted by molar-refractivity contribution is 6.30. The van der Waals surface area contributed by atoms with Gasteiger partial charge in [-0.2, -0.15) is 15.0 Å². The predicted octanol–water partition coefficient (Wildman–Crippen LogP) is -0.356. The van der Waals surface area contributed by atoms with Crippen LogP contribution in [0, 0.1) is 0 Å². The van der Waals surface area contributed by atoms with Crippen molar-refractivity contribution in [2.75, 3.05) is 46.6 Å². The Labute approximate surface area is 240 Å². The lowest BCUT2D eigenvalue weighted by atomic mass is 10.0. The van der Waals surface area contributed by atoms with E-state index in [1.165, 1.54) is 24.4 Å². The molecule has 0 unspecified atom stereocenters. The number of carbonyl (C=O) groups is 1. The quantitative estimate of drug-likeness (QED) is 0.173. The topological polar surface area (TPSA) is 243 Å². The number of nitrogens with one attached hydrogen (secondary N) is 3. The maximum Gasteiger partial charge on any atom is 0.261 e. The Bertz CT molecular complexity index is 1420. The molecule has 218 valence electrons. The molecule has 1 aromatic carbocycles. The van der Waals surface area contributed by atoms with Crippen molar-refractivity contribution in [3.8, 4) is 5.75 Å². The van der Waals surface area contributed by atoms with Gasteiger partial charge < -0.3 is 53.5 Å². The van der Waals surface area contributed by atoms with Crippen LogP contribution in [0.1, 0.15) is 23.2 Å². The van der Waals surface area contributed by atoms with Gasteiger partial charge >= 0.3 is 0 Å². The molecule has 5 rings (SSSR count). The number of amides is 1. The van der Waals surface area contributed by atoms with Crippen molar-refractivity contribution >= 4 is 46.7 Å². The third-order valence-corrected chi connectivity index (χ3v) is 7.04.